The molecule has 3 nitrogen and oxygen atoms in total. The Bertz CT molecular complexity index is 386. The Morgan fingerprint density at radius 1 is 1.59 bits per heavy atom. The maximum Gasteiger partial charge on any atom is 0.116 e. The van der Waals surface area contributed by atoms with E-state index in [9.17, 15) is 0 Å². The molecule has 0 aliphatic carbocycles. The first-order chi connectivity index (χ1) is 8.15. The largest absolute Gasteiger partial charge is 0.379 e. The van der Waals surface area contributed by atoms with Crippen LogP contribution in [0.1, 0.15) is 28.9 Å². The molecule has 2 heterocycles. The van der Waals surface area contributed by atoms with Crippen LogP contribution in [0.15, 0.2) is 5.57 Å². The first kappa shape index (κ1) is 12.7. The maximum absolute atomic E-state index is 5.45. The summed E-state index contributed by atoms with van der Waals surface area (Å²) in [6.07, 6.45) is 3.23. The number of ether oxygens (including phenoxy) is 1. The average molecular weight is 252 g/mol. The maximum atomic E-state index is 5.45. The van der Waals surface area contributed by atoms with Crippen molar-refractivity contribution < 1.29 is 4.74 Å². The Kier molecular flexibility index (Phi) is 4.31. The molecule has 1 aliphatic heterocycles. The monoisotopic (exact) mass is 252 g/mol. The van der Waals surface area contributed by atoms with Crippen molar-refractivity contribution in [1.82, 2.24) is 10.3 Å². The van der Waals surface area contributed by atoms with Crippen LogP contribution < -0.4 is 5.32 Å². The molecule has 0 radical (unpaired) electrons. The van der Waals surface area contributed by atoms with Crippen LogP contribution in [0.2, 0.25) is 0 Å². The highest BCUT2D eigenvalue weighted by Gasteiger charge is 2.13. The first-order valence-electron chi connectivity index (χ1n) is 6.07. The number of aryl methyl sites for hydroxylation is 2. The normalized spacial score (nSPS) is 21.8. The Balaban J connectivity index is 1.96. The van der Waals surface area contributed by atoms with Gasteiger partial charge < -0.3 is 10.1 Å². The first-order valence-corrected chi connectivity index (χ1v) is 6.89. The van der Waals surface area contributed by atoms with Crippen molar-refractivity contribution in [3.8, 4) is 0 Å². The molecule has 2 rings (SSSR count). The second-order valence-corrected chi connectivity index (χ2v) is 5.85. The minimum Gasteiger partial charge on any atom is -0.379 e. The van der Waals surface area contributed by atoms with E-state index in [-0.39, 0.29) is 0 Å². The quantitative estimate of drug-likeness (QED) is 0.897. The zero-order valence-electron chi connectivity index (χ0n) is 10.7. The third-order valence-electron chi connectivity index (χ3n) is 2.98. The van der Waals surface area contributed by atoms with Gasteiger partial charge in [0.15, 0.2) is 0 Å². The van der Waals surface area contributed by atoms with Crippen molar-refractivity contribution in [3.05, 3.63) is 21.2 Å². The highest BCUT2D eigenvalue weighted by molar-refractivity contribution is 7.12. The third kappa shape index (κ3) is 3.63. The van der Waals surface area contributed by atoms with Gasteiger partial charge in [0.1, 0.15) is 5.01 Å². The summed E-state index contributed by atoms with van der Waals surface area (Å²) in [4.78, 5) is 5.84. The zero-order valence-corrected chi connectivity index (χ0v) is 11.6. The van der Waals surface area contributed by atoms with E-state index in [0.717, 1.165) is 36.9 Å². The SMILES string of the molecule is CC(=Cc1nc(C)c(C)s1)CC1COCCN1. The molecule has 1 N–H and O–H groups in total. The fourth-order valence-corrected chi connectivity index (χ4v) is 2.92. The third-order valence-corrected chi connectivity index (χ3v) is 4.00. The van der Waals surface area contributed by atoms with Gasteiger partial charge in [-0.25, -0.2) is 4.98 Å². The molecule has 1 atom stereocenters. The molecular weight excluding hydrogens is 232 g/mol. The lowest BCUT2D eigenvalue weighted by atomic mass is 10.1. The molecular formula is C13H20N2OS. The highest BCUT2D eigenvalue weighted by atomic mass is 32.1. The van der Waals surface area contributed by atoms with Crippen molar-refractivity contribution in [2.75, 3.05) is 19.8 Å². The fourth-order valence-electron chi connectivity index (χ4n) is 1.97. The van der Waals surface area contributed by atoms with Crippen molar-refractivity contribution in [2.24, 2.45) is 0 Å². The van der Waals surface area contributed by atoms with Gasteiger partial charge in [0, 0.05) is 17.5 Å². The number of hydrogen-bond acceptors (Lipinski definition) is 4. The van der Waals surface area contributed by atoms with Crippen LogP contribution in [-0.2, 0) is 4.74 Å². The molecule has 0 spiro atoms. The van der Waals surface area contributed by atoms with E-state index < -0.39 is 0 Å². The van der Waals surface area contributed by atoms with E-state index in [1.54, 1.807) is 11.3 Å². The molecule has 1 aliphatic rings. The molecule has 1 saturated heterocycles. The zero-order chi connectivity index (χ0) is 12.3. The molecule has 0 bridgehead atoms. The van der Waals surface area contributed by atoms with Gasteiger partial charge in [0.25, 0.3) is 0 Å². The topological polar surface area (TPSA) is 34.1 Å². The Labute approximate surface area is 107 Å². The summed E-state index contributed by atoms with van der Waals surface area (Å²) >= 11 is 1.77. The molecule has 0 amide bonds. The van der Waals surface area contributed by atoms with Crippen LogP contribution in [0.4, 0.5) is 0 Å². The summed E-state index contributed by atoms with van der Waals surface area (Å²) in [6.45, 7) is 8.98. The molecule has 1 aromatic rings. The van der Waals surface area contributed by atoms with Gasteiger partial charge in [-0.05, 0) is 33.3 Å². The average Bonchev–Trinajstić information content (AvgIpc) is 2.59. The van der Waals surface area contributed by atoms with E-state index in [1.165, 1.54) is 10.5 Å². The van der Waals surface area contributed by atoms with Gasteiger partial charge in [0.05, 0.1) is 18.9 Å². The number of nitrogens with one attached hydrogen (secondary N) is 1. The molecule has 1 aromatic heterocycles. The van der Waals surface area contributed by atoms with Gasteiger partial charge in [-0.1, -0.05) is 5.57 Å². The summed E-state index contributed by atoms with van der Waals surface area (Å²) in [6, 6.07) is 0.460. The van der Waals surface area contributed by atoms with E-state index >= 15 is 0 Å². The minimum atomic E-state index is 0.460. The number of morpholine rings is 1. The number of rotatable bonds is 3. The van der Waals surface area contributed by atoms with Crippen LogP contribution in [-0.4, -0.2) is 30.8 Å². The summed E-state index contributed by atoms with van der Waals surface area (Å²) in [5.74, 6) is 0. The van der Waals surface area contributed by atoms with Crippen molar-refractivity contribution >= 4 is 17.4 Å². The van der Waals surface area contributed by atoms with E-state index in [0.29, 0.717) is 6.04 Å². The summed E-state index contributed by atoms with van der Waals surface area (Å²) < 4.78 is 5.45. The molecule has 0 saturated carbocycles. The summed E-state index contributed by atoms with van der Waals surface area (Å²) in [5, 5.41) is 4.59. The lowest BCUT2D eigenvalue weighted by Crippen LogP contribution is -2.41. The summed E-state index contributed by atoms with van der Waals surface area (Å²) in [5.41, 5.74) is 2.51. The van der Waals surface area contributed by atoms with Crippen molar-refractivity contribution in [3.63, 3.8) is 0 Å². The lowest BCUT2D eigenvalue weighted by Gasteiger charge is -2.23. The number of thiazole rings is 1. The van der Waals surface area contributed by atoms with Gasteiger partial charge in [-0.3, -0.25) is 0 Å². The fraction of sp³-hybridized carbons (Fsp3) is 0.615. The molecule has 1 fully saturated rings. The van der Waals surface area contributed by atoms with E-state index in [4.69, 9.17) is 4.74 Å². The Hall–Kier alpha value is -0.710. The van der Waals surface area contributed by atoms with Crippen LogP contribution in [0.3, 0.4) is 0 Å². The van der Waals surface area contributed by atoms with Gasteiger partial charge in [0.2, 0.25) is 0 Å². The predicted molar refractivity (Wildman–Crippen MR) is 72.5 cm³/mol. The number of hydrogen-bond donors (Lipinski definition) is 1. The van der Waals surface area contributed by atoms with Crippen LogP contribution >= 0.6 is 11.3 Å². The van der Waals surface area contributed by atoms with Gasteiger partial charge in [-0.15, -0.1) is 11.3 Å². The Morgan fingerprint density at radius 3 is 3.00 bits per heavy atom. The molecule has 1 unspecified atom stereocenters. The number of aromatic nitrogens is 1. The molecule has 94 valence electrons. The van der Waals surface area contributed by atoms with Gasteiger partial charge >= 0.3 is 0 Å². The van der Waals surface area contributed by atoms with Crippen molar-refractivity contribution in [2.45, 2.75) is 33.2 Å². The molecule has 17 heavy (non-hydrogen) atoms. The van der Waals surface area contributed by atoms with Crippen LogP contribution in [0, 0.1) is 13.8 Å². The second-order valence-electron chi connectivity index (χ2n) is 4.61. The summed E-state index contributed by atoms with van der Waals surface area (Å²) in [7, 11) is 0. The van der Waals surface area contributed by atoms with E-state index in [1.807, 2.05) is 0 Å². The predicted octanol–water partition coefficient (Wildman–Crippen LogP) is 2.54. The van der Waals surface area contributed by atoms with Crippen LogP contribution in [0.5, 0.6) is 0 Å². The Morgan fingerprint density at radius 2 is 2.41 bits per heavy atom. The number of nitrogens with zero attached hydrogens (tertiary/aromatic N) is 1. The van der Waals surface area contributed by atoms with E-state index in [2.05, 4.69) is 37.1 Å². The lowest BCUT2D eigenvalue weighted by molar-refractivity contribution is 0.0771. The highest BCUT2D eigenvalue weighted by Crippen LogP contribution is 2.20. The van der Waals surface area contributed by atoms with Gasteiger partial charge in [-0.2, -0.15) is 0 Å². The van der Waals surface area contributed by atoms with Crippen molar-refractivity contribution in [1.29, 1.82) is 0 Å². The van der Waals surface area contributed by atoms with Crippen LogP contribution in [0.25, 0.3) is 6.08 Å². The smallest absolute Gasteiger partial charge is 0.116 e. The molecule has 0 aromatic carbocycles. The second kappa shape index (κ2) is 5.76. The molecule has 4 heteroatoms. The standard InChI is InChI=1S/C13H20N2OS/c1-9(6-12-8-16-5-4-14-12)7-13-15-10(2)11(3)17-13/h7,12,14H,4-6,8H2,1-3H3. The minimum absolute atomic E-state index is 0.460.